The van der Waals surface area contributed by atoms with Gasteiger partial charge >= 0.3 is 6.03 Å². The quantitative estimate of drug-likeness (QED) is 0.721. The van der Waals surface area contributed by atoms with Crippen molar-refractivity contribution in [2.45, 2.75) is 12.5 Å². The Hall–Kier alpha value is -2.57. The highest BCUT2D eigenvalue weighted by Crippen LogP contribution is 2.25. The summed E-state index contributed by atoms with van der Waals surface area (Å²) in [6.45, 7) is 0. The van der Waals surface area contributed by atoms with Crippen LogP contribution in [0.5, 0.6) is 5.75 Å². The number of ether oxygens (including phenoxy) is 1. The van der Waals surface area contributed by atoms with E-state index in [1.807, 2.05) is 0 Å². The van der Waals surface area contributed by atoms with Gasteiger partial charge in [-0.05, 0) is 24.3 Å². The van der Waals surface area contributed by atoms with Gasteiger partial charge in [-0.25, -0.2) is 4.79 Å². The number of benzene rings is 1. The van der Waals surface area contributed by atoms with Crippen molar-refractivity contribution < 1.29 is 24.2 Å². The molecule has 0 radical (unpaired) electrons. The van der Waals surface area contributed by atoms with Gasteiger partial charge in [0.15, 0.2) is 0 Å². The molecule has 0 aliphatic carbocycles. The van der Waals surface area contributed by atoms with Crippen LogP contribution < -0.4 is 20.1 Å². The number of nitrogens with zero attached hydrogens (tertiary/aromatic N) is 1. The van der Waals surface area contributed by atoms with Crippen molar-refractivity contribution in [3.05, 3.63) is 24.3 Å². The normalized spacial score (nSPS) is 18.4. The maximum Gasteiger partial charge on any atom is 0.329 e. The summed E-state index contributed by atoms with van der Waals surface area (Å²) >= 11 is 0. The summed E-state index contributed by atoms with van der Waals surface area (Å²) in [4.78, 5) is 34.9. The minimum Gasteiger partial charge on any atom is -0.550 e. The number of carboxylic acids is 1. The molecule has 0 spiro atoms. The van der Waals surface area contributed by atoms with E-state index in [0.717, 1.165) is 4.90 Å². The second-order valence-electron chi connectivity index (χ2n) is 3.95. The third-order valence-corrected chi connectivity index (χ3v) is 2.77. The van der Waals surface area contributed by atoms with Crippen LogP contribution >= 0.6 is 0 Å². The Balaban J connectivity index is 2.30. The molecular formula is C12H11N2O5-. The summed E-state index contributed by atoms with van der Waals surface area (Å²) in [5, 5.41) is 12.7. The van der Waals surface area contributed by atoms with Gasteiger partial charge in [0.25, 0.3) is 5.91 Å². The summed E-state index contributed by atoms with van der Waals surface area (Å²) in [5.41, 5.74) is 0.412. The van der Waals surface area contributed by atoms with E-state index in [4.69, 9.17) is 4.74 Å². The molecule has 1 fully saturated rings. The summed E-state index contributed by atoms with van der Waals surface area (Å²) in [6, 6.07) is 4.62. The van der Waals surface area contributed by atoms with Gasteiger partial charge in [-0.2, -0.15) is 0 Å². The van der Waals surface area contributed by atoms with Crippen LogP contribution in [0.1, 0.15) is 6.42 Å². The molecule has 1 aromatic carbocycles. The number of aliphatic carboxylic acids is 1. The van der Waals surface area contributed by atoms with Crippen molar-refractivity contribution >= 4 is 23.6 Å². The Kier molecular flexibility index (Phi) is 3.37. The molecular weight excluding hydrogens is 252 g/mol. The highest BCUT2D eigenvalue weighted by Gasteiger charge is 2.39. The lowest BCUT2D eigenvalue weighted by atomic mass is 10.1. The van der Waals surface area contributed by atoms with E-state index < -0.39 is 30.4 Å². The van der Waals surface area contributed by atoms with Crippen LogP contribution in [0.4, 0.5) is 10.5 Å². The molecule has 19 heavy (non-hydrogen) atoms. The van der Waals surface area contributed by atoms with Crippen LogP contribution in [0.15, 0.2) is 24.3 Å². The predicted octanol–water partition coefficient (Wildman–Crippen LogP) is -0.740. The van der Waals surface area contributed by atoms with Crippen molar-refractivity contribution in [3.8, 4) is 5.75 Å². The average molecular weight is 263 g/mol. The molecule has 0 saturated carbocycles. The van der Waals surface area contributed by atoms with E-state index in [1.54, 1.807) is 24.3 Å². The zero-order valence-electron chi connectivity index (χ0n) is 10.1. The number of carbonyl (C=O) groups is 3. The smallest absolute Gasteiger partial charge is 0.329 e. The zero-order valence-corrected chi connectivity index (χ0v) is 10.1. The lowest BCUT2D eigenvalue weighted by molar-refractivity contribution is -0.305. The molecule has 1 aliphatic heterocycles. The first-order valence-electron chi connectivity index (χ1n) is 5.51. The molecule has 1 aromatic rings. The molecule has 0 bridgehead atoms. The fourth-order valence-corrected chi connectivity index (χ4v) is 1.89. The number of carboxylic acid groups (broad SMARTS) is 1. The van der Waals surface area contributed by atoms with Gasteiger partial charge < -0.3 is 14.6 Å². The van der Waals surface area contributed by atoms with Gasteiger partial charge in [-0.3, -0.25) is 15.0 Å². The summed E-state index contributed by atoms with van der Waals surface area (Å²) in [5.74, 6) is -1.45. The SMILES string of the molecule is COc1ccc(N2C(=O)NC(=O)[C@H]2CC(=O)[O-])cc1. The summed E-state index contributed by atoms with van der Waals surface area (Å²) in [6.07, 6.45) is -0.552. The fraction of sp³-hybridized carbons (Fsp3) is 0.250. The van der Waals surface area contributed by atoms with Crippen LogP contribution in [0.3, 0.4) is 0 Å². The molecule has 100 valence electrons. The van der Waals surface area contributed by atoms with Gasteiger partial charge in [-0.1, -0.05) is 0 Å². The molecule has 0 aromatic heterocycles. The van der Waals surface area contributed by atoms with Crippen molar-refractivity contribution in [1.82, 2.24) is 5.32 Å². The third kappa shape index (κ3) is 2.49. The molecule has 1 N–H and O–H groups in total. The van der Waals surface area contributed by atoms with E-state index in [-0.39, 0.29) is 0 Å². The van der Waals surface area contributed by atoms with Crippen LogP contribution in [-0.2, 0) is 9.59 Å². The molecule has 1 saturated heterocycles. The molecule has 3 amide bonds. The average Bonchev–Trinajstić information content (AvgIpc) is 2.64. The number of nitrogens with one attached hydrogen (secondary N) is 1. The number of urea groups is 1. The fourth-order valence-electron chi connectivity index (χ4n) is 1.89. The minimum absolute atomic E-state index is 0.412. The lowest BCUT2D eigenvalue weighted by Crippen LogP contribution is -2.40. The third-order valence-electron chi connectivity index (χ3n) is 2.77. The number of hydrogen-bond donors (Lipinski definition) is 1. The van der Waals surface area contributed by atoms with E-state index >= 15 is 0 Å². The maximum atomic E-state index is 11.7. The second kappa shape index (κ2) is 4.97. The van der Waals surface area contributed by atoms with Crippen LogP contribution in [0.25, 0.3) is 0 Å². The van der Waals surface area contributed by atoms with E-state index in [2.05, 4.69) is 5.32 Å². The van der Waals surface area contributed by atoms with E-state index in [9.17, 15) is 19.5 Å². The van der Waals surface area contributed by atoms with E-state index in [0.29, 0.717) is 11.4 Å². The Morgan fingerprint density at radius 1 is 1.37 bits per heavy atom. The number of imide groups is 1. The van der Waals surface area contributed by atoms with Gasteiger partial charge in [0.1, 0.15) is 11.8 Å². The maximum absolute atomic E-state index is 11.7. The number of anilines is 1. The molecule has 7 heteroatoms. The van der Waals surface area contributed by atoms with Gasteiger partial charge in [-0.15, -0.1) is 0 Å². The number of carbonyl (C=O) groups excluding carboxylic acids is 3. The highest BCUT2D eigenvalue weighted by atomic mass is 16.5. The number of amides is 3. The van der Waals surface area contributed by atoms with Crippen molar-refractivity contribution in [2.75, 3.05) is 12.0 Å². The largest absolute Gasteiger partial charge is 0.550 e. The molecule has 1 aliphatic rings. The number of rotatable bonds is 4. The standard InChI is InChI=1S/C12H12N2O5/c1-19-8-4-2-7(3-5-8)14-9(6-10(15)16)11(17)13-12(14)18/h2-5,9H,6H2,1H3,(H,15,16)(H,13,17,18)/p-1/t9-/m1/s1. The second-order valence-corrected chi connectivity index (χ2v) is 3.95. The molecule has 2 rings (SSSR count). The first kappa shape index (κ1) is 12.9. The molecule has 1 atom stereocenters. The summed E-state index contributed by atoms with van der Waals surface area (Å²) in [7, 11) is 1.50. The number of hydrogen-bond acceptors (Lipinski definition) is 5. The van der Waals surface area contributed by atoms with Crippen molar-refractivity contribution in [3.63, 3.8) is 0 Å². The van der Waals surface area contributed by atoms with Crippen LogP contribution in [0.2, 0.25) is 0 Å². The topological polar surface area (TPSA) is 98.8 Å². The Labute approximate surface area is 108 Å². The van der Waals surface area contributed by atoms with Crippen molar-refractivity contribution in [2.24, 2.45) is 0 Å². The lowest BCUT2D eigenvalue weighted by Gasteiger charge is -2.22. The Morgan fingerprint density at radius 2 is 2.00 bits per heavy atom. The van der Waals surface area contributed by atoms with Crippen LogP contribution in [0, 0.1) is 0 Å². The monoisotopic (exact) mass is 263 g/mol. The molecule has 1 heterocycles. The van der Waals surface area contributed by atoms with Crippen LogP contribution in [-0.4, -0.2) is 31.1 Å². The first-order chi connectivity index (χ1) is 9.02. The minimum atomic E-state index is -1.40. The predicted molar refractivity (Wildman–Crippen MR) is 62.4 cm³/mol. The van der Waals surface area contributed by atoms with Crippen molar-refractivity contribution in [1.29, 1.82) is 0 Å². The Bertz CT molecular complexity index is 525. The highest BCUT2D eigenvalue weighted by molar-refractivity contribution is 6.15. The first-order valence-corrected chi connectivity index (χ1v) is 5.51. The van der Waals surface area contributed by atoms with Gasteiger partial charge in [0.05, 0.1) is 7.11 Å². The Morgan fingerprint density at radius 3 is 2.53 bits per heavy atom. The van der Waals surface area contributed by atoms with Gasteiger partial charge in [0, 0.05) is 18.1 Å². The molecule has 7 nitrogen and oxygen atoms in total. The van der Waals surface area contributed by atoms with Gasteiger partial charge in [0.2, 0.25) is 0 Å². The zero-order chi connectivity index (χ0) is 14.0. The molecule has 0 unspecified atom stereocenters. The number of methoxy groups -OCH3 is 1. The summed E-state index contributed by atoms with van der Waals surface area (Å²) < 4.78 is 4.98. The van der Waals surface area contributed by atoms with E-state index in [1.165, 1.54) is 7.11 Å².